The van der Waals surface area contributed by atoms with Crippen molar-refractivity contribution >= 4 is 12.7 Å². The second-order valence-electron chi connectivity index (χ2n) is 3.43. The van der Waals surface area contributed by atoms with Crippen molar-refractivity contribution in [1.82, 2.24) is 9.88 Å². The maximum atomic E-state index is 8.87. The molecule has 4 nitrogen and oxygen atoms in total. The van der Waals surface area contributed by atoms with E-state index in [2.05, 4.69) is 23.7 Å². The zero-order chi connectivity index (χ0) is 11.3. The summed E-state index contributed by atoms with van der Waals surface area (Å²) in [6.45, 7) is 7.08. The van der Waals surface area contributed by atoms with Crippen LogP contribution in [-0.4, -0.2) is 40.1 Å². The molecule has 15 heavy (non-hydrogen) atoms. The van der Waals surface area contributed by atoms with Gasteiger partial charge in [0.25, 0.3) is 0 Å². The molecule has 0 bridgehead atoms. The summed E-state index contributed by atoms with van der Waals surface area (Å²) >= 11 is 0. The van der Waals surface area contributed by atoms with Crippen molar-refractivity contribution in [2.24, 2.45) is 0 Å². The predicted molar refractivity (Wildman–Crippen MR) is 60.7 cm³/mol. The molecule has 0 aromatic carbocycles. The molecule has 0 aliphatic heterocycles. The van der Waals surface area contributed by atoms with E-state index >= 15 is 0 Å². The van der Waals surface area contributed by atoms with Gasteiger partial charge >= 0.3 is 7.12 Å². The third-order valence-corrected chi connectivity index (χ3v) is 2.41. The highest BCUT2D eigenvalue weighted by Crippen LogP contribution is 2.01. The summed E-state index contributed by atoms with van der Waals surface area (Å²) in [7, 11) is -1.48. The molecule has 1 aromatic heterocycles. The summed E-state index contributed by atoms with van der Waals surface area (Å²) in [6, 6.07) is 3.52. The largest absolute Gasteiger partial charge is 0.508 e. The van der Waals surface area contributed by atoms with E-state index in [1.54, 1.807) is 12.3 Å². The van der Waals surface area contributed by atoms with Gasteiger partial charge in [-0.25, -0.2) is 0 Å². The van der Waals surface area contributed by atoms with Gasteiger partial charge in [0, 0.05) is 12.7 Å². The summed E-state index contributed by atoms with van der Waals surface area (Å²) in [5.74, 6) is 0. The molecular formula is C10H17BN2O2. The van der Waals surface area contributed by atoms with Gasteiger partial charge in [0.1, 0.15) is 0 Å². The lowest BCUT2D eigenvalue weighted by Crippen LogP contribution is -2.32. The van der Waals surface area contributed by atoms with Crippen LogP contribution >= 0.6 is 0 Å². The van der Waals surface area contributed by atoms with E-state index in [-0.39, 0.29) is 0 Å². The summed E-state index contributed by atoms with van der Waals surface area (Å²) < 4.78 is 0. The van der Waals surface area contributed by atoms with Crippen molar-refractivity contribution in [2.75, 3.05) is 13.1 Å². The lowest BCUT2D eigenvalue weighted by Gasteiger charge is -2.17. The van der Waals surface area contributed by atoms with Crippen LogP contribution in [0.2, 0.25) is 0 Å². The fourth-order valence-corrected chi connectivity index (χ4v) is 1.39. The second kappa shape index (κ2) is 5.85. The van der Waals surface area contributed by atoms with Crippen LogP contribution in [-0.2, 0) is 6.54 Å². The Kier molecular flexibility index (Phi) is 4.75. The normalized spacial score (nSPS) is 10.7. The molecule has 2 N–H and O–H groups in total. The van der Waals surface area contributed by atoms with Gasteiger partial charge in [-0.05, 0) is 24.7 Å². The molecule has 0 fully saturated rings. The standard InChI is InChI=1S/C10H17BN2O2/c1-3-13(4-2)8-9-5-6-10(11(14)15)12-7-9/h5-7,14-15H,3-4,8H2,1-2H3. The van der Waals surface area contributed by atoms with Gasteiger partial charge in [-0.1, -0.05) is 19.9 Å². The summed E-state index contributed by atoms with van der Waals surface area (Å²) in [4.78, 5) is 6.24. The summed E-state index contributed by atoms with van der Waals surface area (Å²) in [5, 5.41) is 17.7. The Labute approximate surface area is 90.7 Å². The number of hydrogen-bond donors (Lipinski definition) is 2. The monoisotopic (exact) mass is 208 g/mol. The van der Waals surface area contributed by atoms with E-state index in [0.29, 0.717) is 5.59 Å². The highest BCUT2D eigenvalue weighted by atomic mass is 16.4. The lowest BCUT2D eigenvalue weighted by molar-refractivity contribution is 0.295. The molecule has 82 valence electrons. The average molecular weight is 208 g/mol. The van der Waals surface area contributed by atoms with Gasteiger partial charge in [0.05, 0.1) is 5.59 Å². The van der Waals surface area contributed by atoms with E-state index in [1.165, 1.54) is 0 Å². The Morgan fingerprint density at radius 2 is 1.93 bits per heavy atom. The maximum Gasteiger partial charge on any atom is 0.508 e. The molecule has 0 spiro atoms. The van der Waals surface area contributed by atoms with E-state index in [1.807, 2.05) is 6.07 Å². The van der Waals surface area contributed by atoms with Gasteiger partial charge in [0.15, 0.2) is 0 Å². The molecule has 1 aromatic rings. The topological polar surface area (TPSA) is 56.6 Å². The van der Waals surface area contributed by atoms with Crippen LogP contribution < -0.4 is 5.59 Å². The molecular weight excluding hydrogens is 191 g/mol. The number of aromatic nitrogens is 1. The van der Waals surface area contributed by atoms with Gasteiger partial charge < -0.3 is 10.0 Å². The smallest absolute Gasteiger partial charge is 0.422 e. The third-order valence-electron chi connectivity index (χ3n) is 2.41. The van der Waals surface area contributed by atoms with Crippen LogP contribution in [0.1, 0.15) is 19.4 Å². The highest BCUT2D eigenvalue weighted by molar-refractivity contribution is 6.57. The van der Waals surface area contributed by atoms with Gasteiger partial charge in [-0.2, -0.15) is 0 Å². The van der Waals surface area contributed by atoms with Crippen LogP contribution in [0.4, 0.5) is 0 Å². The molecule has 0 aliphatic carbocycles. The average Bonchev–Trinajstić information content (AvgIpc) is 2.26. The van der Waals surface area contributed by atoms with Crippen molar-refractivity contribution in [1.29, 1.82) is 0 Å². The van der Waals surface area contributed by atoms with E-state index in [0.717, 1.165) is 25.2 Å². The minimum Gasteiger partial charge on any atom is -0.422 e. The van der Waals surface area contributed by atoms with Crippen LogP contribution in [0.15, 0.2) is 18.3 Å². The first-order chi connectivity index (χ1) is 7.17. The molecule has 0 saturated carbocycles. The van der Waals surface area contributed by atoms with Crippen molar-refractivity contribution in [3.8, 4) is 0 Å². The fraction of sp³-hybridized carbons (Fsp3) is 0.500. The Morgan fingerprint density at radius 1 is 1.27 bits per heavy atom. The van der Waals surface area contributed by atoms with Crippen molar-refractivity contribution in [3.05, 3.63) is 23.9 Å². The zero-order valence-corrected chi connectivity index (χ0v) is 9.22. The Hall–Kier alpha value is -0.905. The predicted octanol–water partition coefficient (Wildman–Crippen LogP) is -0.397. The first-order valence-electron chi connectivity index (χ1n) is 5.20. The number of pyridine rings is 1. The van der Waals surface area contributed by atoms with Gasteiger partial charge in [0.2, 0.25) is 0 Å². The Bertz CT molecular complexity index is 286. The number of nitrogens with zero attached hydrogens (tertiary/aromatic N) is 2. The maximum absolute atomic E-state index is 8.87. The van der Waals surface area contributed by atoms with Gasteiger partial charge in [-0.3, -0.25) is 9.88 Å². The van der Waals surface area contributed by atoms with E-state index < -0.39 is 7.12 Å². The molecule has 1 rings (SSSR count). The van der Waals surface area contributed by atoms with Crippen LogP contribution in [0.3, 0.4) is 0 Å². The van der Waals surface area contributed by atoms with E-state index in [9.17, 15) is 0 Å². The van der Waals surface area contributed by atoms with Crippen LogP contribution in [0, 0.1) is 0 Å². The third kappa shape index (κ3) is 3.62. The van der Waals surface area contributed by atoms with Crippen LogP contribution in [0.25, 0.3) is 0 Å². The summed E-state index contributed by atoms with van der Waals surface area (Å²) in [6.07, 6.45) is 1.69. The molecule has 1 heterocycles. The minimum atomic E-state index is -1.48. The minimum absolute atomic E-state index is 0.290. The molecule has 5 heteroatoms. The molecule has 0 saturated heterocycles. The first-order valence-corrected chi connectivity index (χ1v) is 5.20. The van der Waals surface area contributed by atoms with Crippen molar-refractivity contribution in [2.45, 2.75) is 20.4 Å². The molecule has 0 amide bonds. The SMILES string of the molecule is CCN(CC)Cc1ccc(B(O)O)nc1. The highest BCUT2D eigenvalue weighted by Gasteiger charge is 2.12. The lowest BCUT2D eigenvalue weighted by atomic mass is 9.85. The Balaban J connectivity index is 2.63. The fourth-order valence-electron chi connectivity index (χ4n) is 1.39. The molecule has 0 aliphatic rings. The molecule has 0 unspecified atom stereocenters. The number of rotatable bonds is 5. The zero-order valence-electron chi connectivity index (χ0n) is 9.22. The second-order valence-corrected chi connectivity index (χ2v) is 3.43. The van der Waals surface area contributed by atoms with Crippen LogP contribution in [0.5, 0.6) is 0 Å². The quantitative estimate of drug-likeness (QED) is 0.646. The van der Waals surface area contributed by atoms with Crippen molar-refractivity contribution < 1.29 is 10.0 Å². The first kappa shape index (κ1) is 12.2. The molecule has 0 radical (unpaired) electrons. The Morgan fingerprint density at radius 3 is 2.33 bits per heavy atom. The summed E-state index contributed by atoms with van der Waals surface area (Å²) in [5.41, 5.74) is 1.38. The van der Waals surface area contributed by atoms with Gasteiger partial charge in [-0.15, -0.1) is 0 Å². The van der Waals surface area contributed by atoms with E-state index in [4.69, 9.17) is 10.0 Å². The molecule has 0 atom stereocenters. The van der Waals surface area contributed by atoms with Crippen molar-refractivity contribution in [3.63, 3.8) is 0 Å². The number of hydrogen-bond acceptors (Lipinski definition) is 4.